The summed E-state index contributed by atoms with van der Waals surface area (Å²) < 4.78 is 0. The van der Waals surface area contributed by atoms with Gasteiger partial charge in [0, 0.05) is 49.5 Å². The molecule has 1 fully saturated rings. The van der Waals surface area contributed by atoms with Crippen LogP contribution in [0.15, 0.2) is 18.2 Å². The highest BCUT2D eigenvalue weighted by molar-refractivity contribution is 6.31. The van der Waals surface area contributed by atoms with Crippen LogP contribution in [0.25, 0.3) is 0 Å². The van der Waals surface area contributed by atoms with Gasteiger partial charge in [-0.1, -0.05) is 17.7 Å². The van der Waals surface area contributed by atoms with Crippen molar-refractivity contribution < 1.29 is 0 Å². The Kier molecular flexibility index (Phi) is 4.49. The Balaban J connectivity index is 2.10. The smallest absolute Gasteiger partial charge is 0.0455 e. The van der Waals surface area contributed by atoms with Crippen LogP contribution in [0.2, 0.25) is 5.02 Å². The van der Waals surface area contributed by atoms with E-state index in [-0.39, 0.29) is 0 Å². The molecule has 0 aromatic heterocycles. The van der Waals surface area contributed by atoms with Crippen molar-refractivity contribution in [3.63, 3.8) is 0 Å². The fraction of sp³-hybridized carbons (Fsp3) is 0.571. The molecule has 1 aliphatic heterocycles. The molecule has 0 bridgehead atoms. The van der Waals surface area contributed by atoms with E-state index in [1.807, 2.05) is 12.1 Å². The number of benzene rings is 1. The van der Waals surface area contributed by atoms with Crippen LogP contribution in [-0.2, 0) is 0 Å². The maximum Gasteiger partial charge on any atom is 0.0455 e. The van der Waals surface area contributed by atoms with Gasteiger partial charge in [-0.05, 0) is 31.5 Å². The monoisotopic (exact) mass is 267 g/mol. The minimum Gasteiger partial charge on any atom is -0.368 e. The van der Waals surface area contributed by atoms with Gasteiger partial charge in [-0.3, -0.25) is 4.90 Å². The van der Waals surface area contributed by atoms with E-state index < -0.39 is 0 Å². The van der Waals surface area contributed by atoms with Gasteiger partial charge in [0.25, 0.3) is 0 Å². The molecule has 0 radical (unpaired) electrons. The average Bonchev–Trinajstić information content (AvgIpc) is 2.35. The number of rotatable bonds is 3. The Morgan fingerprint density at radius 2 is 2.17 bits per heavy atom. The van der Waals surface area contributed by atoms with E-state index in [1.165, 1.54) is 11.3 Å². The third-order valence-corrected chi connectivity index (χ3v) is 4.17. The fourth-order valence-electron chi connectivity index (χ4n) is 2.65. The lowest BCUT2D eigenvalue weighted by atomic mass is 10.1. The number of hydrogen-bond acceptors (Lipinski definition) is 3. The van der Waals surface area contributed by atoms with Gasteiger partial charge < -0.3 is 10.6 Å². The molecule has 0 saturated carbocycles. The summed E-state index contributed by atoms with van der Waals surface area (Å²) in [6, 6.07) is 6.68. The Morgan fingerprint density at radius 3 is 2.83 bits per heavy atom. The van der Waals surface area contributed by atoms with Crippen molar-refractivity contribution in [1.29, 1.82) is 0 Å². The van der Waals surface area contributed by atoms with Crippen molar-refractivity contribution in [3.8, 4) is 0 Å². The van der Waals surface area contributed by atoms with Crippen molar-refractivity contribution in [2.75, 3.05) is 37.6 Å². The molecule has 1 atom stereocenters. The normalized spacial score (nSPS) is 21.3. The van der Waals surface area contributed by atoms with Crippen molar-refractivity contribution in [2.45, 2.75) is 19.9 Å². The largest absolute Gasteiger partial charge is 0.368 e. The molecular weight excluding hydrogens is 246 g/mol. The molecule has 1 heterocycles. The maximum atomic E-state index is 6.19. The summed E-state index contributed by atoms with van der Waals surface area (Å²) in [7, 11) is 0. The lowest BCUT2D eigenvalue weighted by Gasteiger charge is -2.41. The number of anilines is 1. The summed E-state index contributed by atoms with van der Waals surface area (Å²) in [5.74, 6) is 0. The van der Waals surface area contributed by atoms with Gasteiger partial charge in [-0.25, -0.2) is 0 Å². The van der Waals surface area contributed by atoms with Crippen molar-refractivity contribution in [3.05, 3.63) is 28.8 Å². The average molecular weight is 268 g/mol. The zero-order valence-corrected chi connectivity index (χ0v) is 12.0. The lowest BCUT2D eigenvalue weighted by molar-refractivity contribution is 0.195. The van der Waals surface area contributed by atoms with E-state index in [0.717, 1.165) is 37.7 Å². The SMILES string of the molecule is Cc1c(Cl)cccc1N1CCN(CCN)C(C)C1. The van der Waals surface area contributed by atoms with Crippen LogP contribution in [0, 0.1) is 6.92 Å². The minimum atomic E-state index is 0.542. The molecule has 100 valence electrons. The summed E-state index contributed by atoms with van der Waals surface area (Å²) >= 11 is 6.19. The third kappa shape index (κ3) is 2.79. The second-order valence-corrected chi connectivity index (χ2v) is 5.41. The molecule has 18 heavy (non-hydrogen) atoms. The molecule has 1 aliphatic rings. The van der Waals surface area contributed by atoms with E-state index in [2.05, 4.69) is 29.7 Å². The maximum absolute atomic E-state index is 6.19. The topological polar surface area (TPSA) is 32.5 Å². The van der Waals surface area contributed by atoms with Crippen LogP contribution < -0.4 is 10.6 Å². The Morgan fingerprint density at radius 1 is 1.39 bits per heavy atom. The first-order valence-corrected chi connectivity index (χ1v) is 6.95. The van der Waals surface area contributed by atoms with Gasteiger partial charge in [-0.15, -0.1) is 0 Å². The predicted octanol–water partition coefficient (Wildman–Crippen LogP) is 2.12. The minimum absolute atomic E-state index is 0.542. The number of hydrogen-bond donors (Lipinski definition) is 1. The van der Waals surface area contributed by atoms with Crippen LogP contribution in [0.5, 0.6) is 0 Å². The number of halogens is 1. The van der Waals surface area contributed by atoms with Gasteiger partial charge in [0.05, 0.1) is 0 Å². The first-order valence-electron chi connectivity index (χ1n) is 6.57. The molecule has 2 N–H and O–H groups in total. The van der Waals surface area contributed by atoms with Crippen LogP contribution >= 0.6 is 11.6 Å². The highest BCUT2D eigenvalue weighted by Crippen LogP contribution is 2.28. The number of nitrogens with zero attached hydrogens (tertiary/aromatic N) is 2. The van der Waals surface area contributed by atoms with Gasteiger partial charge in [0.2, 0.25) is 0 Å². The summed E-state index contributed by atoms with van der Waals surface area (Å²) in [5, 5.41) is 0.851. The molecule has 1 aromatic carbocycles. The summed E-state index contributed by atoms with van der Waals surface area (Å²) in [4.78, 5) is 4.88. The zero-order chi connectivity index (χ0) is 13.1. The fourth-order valence-corrected chi connectivity index (χ4v) is 2.82. The summed E-state index contributed by atoms with van der Waals surface area (Å²) in [6.07, 6.45) is 0. The van der Waals surface area contributed by atoms with E-state index in [1.54, 1.807) is 0 Å². The molecule has 2 rings (SSSR count). The van der Waals surface area contributed by atoms with Crippen LogP contribution in [0.3, 0.4) is 0 Å². The zero-order valence-electron chi connectivity index (χ0n) is 11.2. The van der Waals surface area contributed by atoms with E-state index in [0.29, 0.717) is 6.04 Å². The van der Waals surface area contributed by atoms with Gasteiger partial charge in [0.1, 0.15) is 0 Å². The van der Waals surface area contributed by atoms with Gasteiger partial charge in [-0.2, -0.15) is 0 Å². The van der Waals surface area contributed by atoms with Crippen molar-refractivity contribution in [2.24, 2.45) is 5.73 Å². The second kappa shape index (κ2) is 5.91. The molecule has 4 heteroatoms. The van der Waals surface area contributed by atoms with Crippen LogP contribution in [0.4, 0.5) is 5.69 Å². The summed E-state index contributed by atoms with van der Waals surface area (Å²) in [6.45, 7) is 9.25. The highest BCUT2D eigenvalue weighted by atomic mass is 35.5. The van der Waals surface area contributed by atoms with E-state index in [9.17, 15) is 0 Å². The molecular formula is C14H22ClN3. The molecule has 0 spiro atoms. The van der Waals surface area contributed by atoms with E-state index in [4.69, 9.17) is 17.3 Å². The van der Waals surface area contributed by atoms with E-state index >= 15 is 0 Å². The second-order valence-electron chi connectivity index (χ2n) is 5.00. The Labute approximate surface area is 115 Å². The lowest BCUT2D eigenvalue weighted by Crippen LogP contribution is -2.53. The molecule has 0 amide bonds. The van der Waals surface area contributed by atoms with Crippen LogP contribution in [0.1, 0.15) is 12.5 Å². The molecule has 1 saturated heterocycles. The van der Waals surface area contributed by atoms with Crippen molar-refractivity contribution in [1.82, 2.24) is 4.90 Å². The van der Waals surface area contributed by atoms with Crippen molar-refractivity contribution >= 4 is 17.3 Å². The standard InChI is InChI=1S/C14H22ClN3/c1-11-10-18(9-8-17(11)7-6-16)14-5-3-4-13(15)12(14)2/h3-5,11H,6-10,16H2,1-2H3. The first kappa shape index (κ1) is 13.7. The highest BCUT2D eigenvalue weighted by Gasteiger charge is 2.24. The number of piperazine rings is 1. The van der Waals surface area contributed by atoms with Crippen LogP contribution in [-0.4, -0.2) is 43.7 Å². The molecule has 0 aliphatic carbocycles. The molecule has 1 aromatic rings. The quantitative estimate of drug-likeness (QED) is 0.911. The van der Waals surface area contributed by atoms with Gasteiger partial charge in [0.15, 0.2) is 0 Å². The Bertz CT molecular complexity index is 408. The number of nitrogens with two attached hydrogens (primary N) is 1. The Hall–Kier alpha value is -0.770. The third-order valence-electron chi connectivity index (χ3n) is 3.76. The first-order chi connectivity index (χ1) is 8.63. The molecule has 1 unspecified atom stereocenters. The molecule has 3 nitrogen and oxygen atoms in total. The summed E-state index contributed by atoms with van der Waals surface area (Å²) in [5.41, 5.74) is 8.08. The van der Waals surface area contributed by atoms with Gasteiger partial charge >= 0.3 is 0 Å². The predicted molar refractivity (Wildman–Crippen MR) is 78.5 cm³/mol.